The number of carbonyl (C=O) groups excluding carboxylic acids is 1. The maximum absolute atomic E-state index is 12.5. The van der Waals surface area contributed by atoms with Crippen molar-refractivity contribution < 1.29 is 22.7 Å². The van der Waals surface area contributed by atoms with Gasteiger partial charge in [-0.25, -0.2) is 4.98 Å². The van der Waals surface area contributed by atoms with Gasteiger partial charge in [-0.2, -0.15) is 13.2 Å². The second-order valence-electron chi connectivity index (χ2n) is 5.71. The highest BCUT2D eigenvalue weighted by Gasteiger charge is 2.30. The highest BCUT2D eigenvalue weighted by Crippen LogP contribution is 2.30. The standard InChI is InChI=1S/C17H14F3N3O3S/c1-23(8-13-21-12-6-7-27-15(12)16(25)22-13)14(24)9-26-11-4-2-10(3-5-11)17(18,19)20/h2-7H,8-9H2,1H3,(H,21,22,25). The first-order chi connectivity index (χ1) is 12.7. The van der Waals surface area contributed by atoms with Crippen LogP contribution in [0.2, 0.25) is 0 Å². The number of fused-ring (bicyclic) bond motifs is 1. The molecule has 142 valence electrons. The number of amides is 1. The Morgan fingerprint density at radius 2 is 1.96 bits per heavy atom. The van der Waals surface area contributed by atoms with Crippen molar-refractivity contribution in [3.63, 3.8) is 0 Å². The van der Waals surface area contributed by atoms with E-state index in [2.05, 4.69) is 9.97 Å². The van der Waals surface area contributed by atoms with E-state index in [1.165, 1.54) is 23.3 Å². The van der Waals surface area contributed by atoms with Crippen molar-refractivity contribution >= 4 is 27.5 Å². The molecule has 1 N–H and O–H groups in total. The Morgan fingerprint density at radius 3 is 2.63 bits per heavy atom. The zero-order valence-electron chi connectivity index (χ0n) is 14.0. The van der Waals surface area contributed by atoms with E-state index in [1.807, 2.05) is 0 Å². The van der Waals surface area contributed by atoms with Crippen LogP contribution in [-0.4, -0.2) is 34.4 Å². The van der Waals surface area contributed by atoms with E-state index in [-0.39, 0.29) is 24.5 Å². The van der Waals surface area contributed by atoms with Gasteiger partial charge in [-0.15, -0.1) is 11.3 Å². The van der Waals surface area contributed by atoms with E-state index < -0.39 is 17.6 Å². The summed E-state index contributed by atoms with van der Waals surface area (Å²) in [6.07, 6.45) is -4.43. The lowest BCUT2D eigenvalue weighted by molar-refractivity contribution is -0.137. The molecule has 0 aliphatic rings. The summed E-state index contributed by atoms with van der Waals surface area (Å²) in [5, 5.41) is 1.75. The van der Waals surface area contributed by atoms with Gasteiger partial charge in [-0.05, 0) is 35.7 Å². The summed E-state index contributed by atoms with van der Waals surface area (Å²) in [6, 6.07) is 5.79. The smallest absolute Gasteiger partial charge is 0.416 e. The predicted molar refractivity (Wildman–Crippen MR) is 93.7 cm³/mol. The Morgan fingerprint density at radius 1 is 1.26 bits per heavy atom. The molecule has 6 nitrogen and oxygen atoms in total. The number of likely N-dealkylation sites (N-methyl/N-ethyl adjacent to an activating group) is 1. The van der Waals surface area contributed by atoms with Crippen LogP contribution in [0.4, 0.5) is 13.2 Å². The lowest BCUT2D eigenvalue weighted by atomic mass is 10.2. The minimum absolute atomic E-state index is 0.0657. The molecule has 0 saturated carbocycles. The van der Waals surface area contributed by atoms with Gasteiger partial charge in [-0.3, -0.25) is 9.59 Å². The summed E-state index contributed by atoms with van der Waals surface area (Å²) < 4.78 is 43.3. The number of aromatic amines is 1. The molecule has 0 saturated heterocycles. The summed E-state index contributed by atoms with van der Waals surface area (Å²) in [4.78, 5) is 32.3. The van der Waals surface area contributed by atoms with Crippen molar-refractivity contribution in [3.8, 4) is 5.75 Å². The fourth-order valence-corrected chi connectivity index (χ4v) is 3.03. The van der Waals surface area contributed by atoms with Gasteiger partial charge in [0.1, 0.15) is 16.3 Å². The van der Waals surface area contributed by atoms with Crippen molar-refractivity contribution in [3.05, 3.63) is 57.5 Å². The number of halogens is 3. The lowest BCUT2D eigenvalue weighted by Crippen LogP contribution is -2.32. The van der Waals surface area contributed by atoms with Gasteiger partial charge >= 0.3 is 6.18 Å². The second-order valence-corrected chi connectivity index (χ2v) is 6.62. The van der Waals surface area contributed by atoms with Crippen molar-refractivity contribution in [1.29, 1.82) is 0 Å². The third kappa shape index (κ3) is 4.45. The maximum Gasteiger partial charge on any atom is 0.416 e. The number of thiophene rings is 1. The summed E-state index contributed by atoms with van der Waals surface area (Å²) in [6.45, 7) is -0.289. The molecular formula is C17H14F3N3O3S. The molecule has 3 aromatic rings. The number of alkyl halides is 3. The molecule has 0 spiro atoms. The van der Waals surface area contributed by atoms with Crippen LogP contribution in [-0.2, 0) is 17.5 Å². The van der Waals surface area contributed by atoms with Crippen LogP contribution < -0.4 is 10.3 Å². The minimum atomic E-state index is -4.43. The number of hydrogen-bond donors (Lipinski definition) is 1. The molecule has 0 atom stereocenters. The molecular weight excluding hydrogens is 383 g/mol. The number of hydrogen-bond acceptors (Lipinski definition) is 5. The first-order valence-electron chi connectivity index (χ1n) is 7.74. The molecule has 0 aliphatic carbocycles. The number of nitrogens with one attached hydrogen (secondary N) is 1. The number of ether oxygens (including phenoxy) is 1. The SMILES string of the molecule is CN(Cc1nc2ccsc2c(=O)[nH]1)C(=O)COc1ccc(C(F)(F)F)cc1. The molecule has 1 amide bonds. The maximum atomic E-state index is 12.5. The van der Waals surface area contributed by atoms with Gasteiger partial charge in [0.25, 0.3) is 11.5 Å². The van der Waals surface area contributed by atoms with Crippen molar-refractivity contribution in [2.45, 2.75) is 12.7 Å². The molecule has 0 aliphatic heterocycles. The van der Waals surface area contributed by atoms with Gasteiger partial charge in [0, 0.05) is 7.05 Å². The van der Waals surface area contributed by atoms with Crippen LogP contribution in [0.5, 0.6) is 5.75 Å². The van der Waals surface area contributed by atoms with Gasteiger partial charge < -0.3 is 14.6 Å². The van der Waals surface area contributed by atoms with E-state index in [0.29, 0.717) is 16.0 Å². The number of carbonyl (C=O) groups is 1. The first kappa shape index (κ1) is 18.9. The zero-order chi connectivity index (χ0) is 19.6. The normalized spacial score (nSPS) is 11.6. The van der Waals surface area contributed by atoms with Gasteiger partial charge in [0.2, 0.25) is 0 Å². The zero-order valence-corrected chi connectivity index (χ0v) is 14.9. The topological polar surface area (TPSA) is 75.3 Å². The summed E-state index contributed by atoms with van der Waals surface area (Å²) in [5.74, 6) is 0.0650. The van der Waals surface area contributed by atoms with Crippen LogP contribution in [0.3, 0.4) is 0 Å². The number of benzene rings is 1. The molecule has 2 aromatic heterocycles. The molecule has 0 bridgehead atoms. The molecule has 10 heteroatoms. The Hall–Kier alpha value is -2.88. The summed E-state index contributed by atoms with van der Waals surface area (Å²) >= 11 is 1.28. The third-order valence-electron chi connectivity index (χ3n) is 3.72. The molecule has 1 aromatic carbocycles. The Labute approximate surface area is 155 Å². The van der Waals surface area contributed by atoms with E-state index in [1.54, 1.807) is 11.4 Å². The number of rotatable bonds is 5. The Bertz CT molecular complexity index is 1010. The third-order valence-corrected chi connectivity index (χ3v) is 4.62. The Kier molecular flexibility index (Phi) is 5.17. The average molecular weight is 397 g/mol. The molecule has 2 heterocycles. The van der Waals surface area contributed by atoms with Crippen LogP contribution in [0.25, 0.3) is 10.2 Å². The van der Waals surface area contributed by atoms with E-state index in [4.69, 9.17) is 4.74 Å². The van der Waals surface area contributed by atoms with Gasteiger partial charge in [-0.1, -0.05) is 0 Å². The van der Waals surface area contributed by atoms with Crippen LogP contribution >= 0.6 is 11.3 Å². The van der Waals surface area contributed by atoms with E-state index >= 15 is 0 Å². The van der Waals surface area contributed by atoms with Crippen molar-refractivity contribution in [2.24, 2.45) is 0 Å². The molecule has 27 heavy (non-hydrogen) atoms. The molecule has 0 unspecified atom stereocenters. The fraction of sp³-hybridized carbons (Fsp3) is 0.235. The van der Waals surface area contributed by atoms with Crippen molar-refractivity contribution in [2.75, 3.05) is 13.7 Å². The number of nitrogens with zero attached hydrogens (tertiary/aromatic N) is 2. The highest BCUT2D eigenvalue weighted by molar-refractivity contribution is 7.17. The fourth-order valence-electron chi connectivity index (χ4n) is 2.30. The van der Waals surface area contributed by atoms with E-state index in [9.17, 15) is 22.8 Å². The van der Waals surface area contributed by atoms with Crippen LogP contribution in [0.15, 0.2) is 40.5 Å². The number of aromatic nitrogens is 2. The average Bonchev–Trinajstić information content (AvgIpc) is 3.08. The highest BCUT2D eigenvalue weighted by atomic mass is 32.1. The molecule has 0 fully saturated rings. The predicted octanol–water partition coefficient (Wildman–Crippen LogP) is 3.04. The van der Waals surface area contributed by atoms with E-state index in [0.717, 1.165) is 24.3 Å². The summed E-state index contributed by atoms with van der Waals surface area (Å²) in [7, 11) is 1.51. The first-order valence-corrected chi connectivity index (χ1v) is 8.62. The van der Waals surface area contributed by atoms with Gasteiger partial charge in [0.15, 0.2) is 6.61 Å². The lowest BCUT2D eigenvalue weighted by Gasteiger charge is -2.17. The van der Waals surface area contributed by atoms with Crippen LogP contribution in [0, 0.1) is 0 Å². The van der Waals surface area contributed by atoms with Crippen molar-refractivity contribution in [1.82, 2.24) is 14.9 Å². The monoisotopic (exact) mass is 397 g/mol. The second kappa shape index (κ2) is 7.39. The summed E-state index contributed by atoms with van der Waals surface area (Å²) in [5.41, 5.74) is -0.510. The molecule has 0 radical (unpaired) electrons. The largest absolute Gasteiger partial charge is 0.484 e. The quantitative estimate of drug-likeness (QED) is 0.718. The van der Waals surface area contributed by atoms with Crippen LogP contribution in [0.1, 0.15) is 11.4 Å². The molecule has 3 rings (SSSR count). The minimum Gasteiger partial charge on any atom is -0.484 e. The Balaban J connectivity index is 1.59. The number of H-pyrrole nitrogens is 1. The van der Waals surface area contributed by atoms with Gasteiger partial charge in [0.05, 0.1) is 17.6 Å².